The number of ether oxygens (including phenoxy) is 1. The van der Waals surface area contributed by atoms with E-state index in [4.69, 9.17) is 20.4 Å². The van der Waals surface area contributed by atoms with Gasteiger partial charge in [0.2, 0.25) is 11.9 Å². The van der Waals surface area contributed by atoms with Crippen molar-refractivity contribution in [2.45, 2.75) is 77.7 Å². The first-order valence-corrected chi connectivity index (χ1v) is 13.2. The molecule has 1 aliphatic rings. The fraction of sp³-hybridized carbons (Fsp3) is 0.640. The van der Waals surface area contributed by atoms with E-state index in [0.717, 1.165) is 25.8 Å². The van der Waals surface area contributed by atoms with Crippen molar-refractivity contribution < 1.29 is 13.9 Å². The van der Waals surface area contributed by atoms with Gasteiger partial charge in [-0.05, 0) is 40.2 Å². The van der Waals surface area contributed by atoms with Gasteiger partial charge in [-0.25, -0.2) is 9.37 Å². The van der Waals surface area contributed by atoms with Crippen LogP contribution in [0.5, 0.6) is 5.88 Å². The Bertz CT molecular complexity index is 1250. The third-order valence-electron chi connectivity index (χ3n) is 6.57. The Morgan fingerprint density at radius 1 is 1.24 bits per heavy atom. The Morgan fingerprint density at radius 3 is 2.71 bits per heavy atom. The summed E-state index contributed by atoms with van der Waals surface area (Å²) in [6, 6.07) is -0.622. The van der Waals surface area contributed by atoms with Crippen molar-refractivity contribution in [1.29, 1.82) is 0 Å². The summed E-state index contributed by atoms with van der Waals surface area (Å²) in [6.45, 7) is 9.68. The molecular formula is C25H39FN10O2. The number of rotatable bonds is 11. The lowest BCUT2D eigenvalue weighted by Gasteiger charge is -2.22. The number of carbonyl (C=O) groups excluding carboxylic acids is 1. The number of imidazole rings is 1. The Hall–Kier alpha value is -3.48. The zero-order valence-electron chi connectivity index (χ0n) is 22.9. The molecule has 12 nitrogen and oxygen atoms in total. The molecule has 13 heteroatoms. The average molecular weight is 531 g/mol. The van der Waals surface area contributed by atoms with Crippen molar-refractivity contribution >= 4 is 34.5 Å². The summed E-state index contributed by atoms with van der Waals surface area (Å²) < 4.78 is 24.2. The molecule has 1 amide bonds. The summed E-state index contributed by atoms with van der Waals surface area (Å²) in [6.07, 6.45) is 5.62. The van der Waals surface area contributed by atoms with Gasteiger partial charge in [-0.2, -0.15) is 9.97 Å². The maximum absolute atomic E-state index is 14.9. The molecule has 38 heavy (non-hydrogen) atoms. The number of alkyl halides is 1. The van der Waals surface area contributed by atoms with E-state index in [-0.39, 0.29) is 24.5 Å². The minimum Gasteiger partial charge on any atom is -0.478 e. The number of aryl methyl sites for hydroxylation is 1. The van der Waals surface area contributed by atoms with E-state index in [1.807, 2.05) is 15.4 Å². The van der Waals surface area contributed by atoms with Gasteiger partial charge >= 0.3 is 0 Å². The van der Waals surface area contributed by atoms with Gasteiger partial charge in [0.25, 0.3) is 5.88 Å². The molecule has 4 N–H and O–H groups in total. The molecule has 208 valence electrons. The molecule has 0 unspecified atom stereocenters. The number of methoxy groups -OCH3 is 1. The molecular weight excluding hydrogens is 491 g/mol. The fourth-order valence-corrected chi connectivity index (χ4v) is 4.46. The lowest BCUT2D eigenvalue weighted by atomic mass is 10.1. The number of nitrogens with two attached hydrogens (primary N) is 1. The fourth-order valence-electron chi connectivity index (χ4n) is 4.46. The van der Waals surface area contributed by atoms with Crippen LogP contribution in [0.3, 0.4) is 0 Å². The highest BCUT2D eigenvalue weighted by molar-refractivity contribution is 5.87. The Morgan fingerprint density at radius 2 is 2.03 bits per heavy atom. The highest BCUT2D eigenvalue weighted by Crippen LogP contribution is 2.32. The number of nitrogens with zero attached hydrogens (tertiary/aromatic N) is 7. The van der Waals surface area contributed by atoms with Crippen molar-refractivity contribution in [2.75, 3.05) is 37.0 Å². The Labute approximate surface area is 222 Å². The first kappa shape index (κ1) is 27.6. The van der Waals surface area contributed by atoms with E-state index in [1.54, 1.807) is 25.3 Å². The molecule has 3 aromatic rings. The van der Waals surface area contributed by atoms with E-state index < -0.39 is 12.2 Å². The van der Waals surface area contributed by atoms with Crippen LogP contribution in [-0.2, 0) is 16.9 Å². The number of fused-ring (bicyclic) bond motifs is 1. The Kier molecular flexibility index (Phi) is 8.34. The molecule has 0 spiro atoms. The van der Waals surface area contributed by atoms with Gasteiger partial charge in [0.05, 0.1) is 32.2 Å². The van der Waals surface area contributed by atoms with Gasteiger partial charge in [-0.1, -0.05) is 13.3 Å². The largest absolute Gasteiger partial charge is 0.478 e. The summed E-state index contributed by atoms with van der Waals surface area (Å²) in [7, 11) is 1.57. The molecule has 1 aliphatic heterocycles. The smallest absolute Gasteiger partial charge is 0.256 e. The minimum atomic E-state index is -1.23. The number of hydrogen-bond donors (Lipinski definition) is 3. The maximum atomic E-state index is 14.9. The summed E-state index contributed by atoms with van der Waals surface area (Å²) in [4.78, 5) is 27.8. The average Bonchev–Trinajstić information content (AvgIpc) is 3.58. The second kappa shape index (κ2) is 11.5. The van der Waals surface area contributed by atoms with E-state index in [2.05, 4.69) is 41.5 Å². The standard InChI is InChI=1S/C25H39FN10O2/c1-6-19(37)29-17-13-34(12-16(17)26)24-31-21(20-22(32-24)36(15-28-20)25(2,3)4)30-18-14-35(33-23(18)38-5)11-9-7-8-10-27/h14-17H,6-13,27H2,1-5H3,(H,29,37)(H,30,31,32)/t16-,17-/m1/s1. The molecule has 0 bridgehead atoms. The van der Waals surface area contributed by atoms with Gasteiger partial charge in [0.1, 0.15) is 11.9 Å². The van der Waals surface area contributed by atoms with Gasteiger partial charge in [0.15, 0.2) is 17.0 Å². The molecule has 0 aliphatic carbocycles. The molecule has 2 atom stereocenters. The number of aromatic nitrogens is 6. The molecule has 1 saturated heterocycles. The number of amides is 1. The van der Waals surface area contributed by atoms with E-state index in [1.165, 1.54) is 0 Å². The molecule has 0 aromatic carbocycles. The highest BCUT2D eigenvalue weighted by atomic mass is 19.1. The van der Waals surface area contributed by atoms with Crippen LogP contribution in [0.2, 0.25) is 0 Å². The molecule has 4 rings (SSSR count). The van der Waals surface area contributed by atoms with Crippen molar-refractivity contribution in [3.8, 4) is 5.88 Å². The third kappa shape index (κ3) is 5.98. The van der Waals surface area contributed by atoms with Gasteiger partial charge in [-0.3, -0.25) is 9.48 Å². The minimum absolute atomic E-state index is 0.0767. The van der Waals surface area contributed by atoms with Crippen molar-refractivity contribution in [1.82, 2.24) is 34.6 Å². The predicted molar refractivity (Wildman–Crippen MR) is 145 cm³/mol. The van der Waals surface area contributed by atoms with Crippen LogP contribution in [0.4, 0.5) is 21.8 Å². The molecule has 4 heterocycles. The first-order valence-electron chi connectivity index (χ1n) is 13.2. The van der Waals surface area contributed by atoms with E-state index >= 15 is 0 Å². The van der Waals surface area contributed by atoms with Crippen LogP contribution in [-0.4, -0.2) is 74.2 Å². The maximum Gasteiger partial charge on any atom is 0.256 e. The molecule has 0 saturated carbocycles. The van der Waals surface area contributed by atoms with Crippen LogP contribution in [0.25, 0.3) is 11.2 Å². The van der Waals surface area contributed by atoms with Crippen molar-refractivity contribution in [2.24, 2.45) is 5.73 Å². The van der Waals surface area contributed by atoms with Crippen LogP contribution < -0.4 is 26.0 Å². The SMILES string of the molecule is CCC(=O)N[C@@H]1CN(c2nc(Nc3cn(CCCCCN)nc3OC)c3ncn(C(C)(C)C)c3n2)C[C@H]1F. The lowest BCUT2D eigenvalue weighted by molar-refractivity contribution is -0.121. The molecule has 0 radical (unpaired) electrons. The second-order valence-corrected chi connectivity index (χ2v) is 10.6. The van der Waals surface area contributed by atoms with E-state index in [0.29, 0.717) is 47.5 Å². The third-order valence-corrected chi connectivity index (χ3v) is 6.57. The number of unbranched alkanes of at least 4 members (excludes halogenated alkanes) is 2. The van der Waals surface area contributed by atoms with Crippen molar-refractivity contribution in [3.05, 3.63) is 12.5 Å². The zero-order valence-corrected chi connectivity index (χ0v) is 22.9. The molecule has 3 aromatic heterocycles. The number of halogens is 1. The number of anilines is 3. The highest BCUT2D eigenvalue weighted by Gasteiger charge is 2.36. The number of carbonyl (C=O) groups is 1. The van der Waals surface area contributed by atoms with E-state index in [9.17, 15) is 9.18 Å². The van der Waals surface area contributed by atoms with Crippen LogP contribution in [0, 0.1) is 0 Å². The van der Waals surface area contributed by atoms with Crippen LogP contribution >= 0.6 is 0 Å². The van der Waals surface area contributed by atoms with Crippen LogP contribution in [0.15, 0.2) is 12.5 Å². The van der Waals surface area contributed by atoms with Crippen molar-refractivity contribution in [3.63, 3.8) is 0 Å². The summed E-state index contributed by atoms with van der Waals surface area (Å²) in [5.74, 6) is 1.07. The van der Waals surface area contributed by atoms with Gasteiger partial charge in [0, 0.05) is 25.0 Å². The summed E-state index contributed by atoms with van der Waals surface area (Å²) in [5.41, 5.74) is 7.14. The second-order valence-electron chi connectivity index (χ2n) is 10.6. The van der Waals surface area contributed by atoms with Gasteiger partial charge in [-0.15, -0.1) is 5.10 Å². The Balaban J connectivity index is 1.68. The lowest BCUT2D eigenvalue weighted by Crippen LogP contribution is -2.41. The number of hydrogen-bond acceptors (Lipinski definition) is 9. The van der Waals surface area contributed by atoms with Gasteiger partial charge < -0.3 is 30.6 Å². The quantitative estimate of drug-likeness (QED) is 0.319. The molecule has 1 fully saturated rings. The summed E-state index contributed by atoms with van der Waals surface area (Å²) in [5, 5.41) is 10.6. The van der Waals surface area contributed by atoms with Crippen LogP contribution in [0.1, 0.15) is 53.4 Å². The normalized spacial score (nSPS) is 17.8. The first-order chi connectivity index (χ1) is 18.1. The summed E-state index contributed by atoms with van der Waals surface area (Å²) >= 11 is 0. The monoisotopic (exact) mass is 530 g/mol. The number of nitrogens with one attached hydrogen (secondary N) is 2. The topological polar surface area (TPSA) is 141 Å². The zero-order chi connectivity index (χ0) is 27.4. The predicted octanol–water partition coefficient (Wildman–Crippen LogP) is 2.71.